The van der Waals surface area contributed by atoms with Crippen LogP contribution in [0.1, 0.15) is 0 Å². The van der Waals surface area contributed by atoms with Gasteiger partial charge in [-0.2, -0.15) is 0 Å². The van der Waals surface area contributed by atoms with E-state index in [2.05, 4.69) is 4.42 Å². The van der Waals surface area contributed by atoms with Gasteiger partial charge in [0.2, 0.25) is 0 Å². The summed E-state index contributed by atoms with van der Waals surface area (Å²) in [5, 5.41) is 20.1. The predicted molar refractivity (Wildman–Crippen MR) is 50.8 cm³/mol. The maximum absolute atomic E-state index is 11.1. The van der Waals surface area contributed by atoms with E-state index >= 15 is 0 Å². The maximum Gasteiger partial charge on any atom is 0.415 e. The molecular formula is C9H5NO5. The van der Waals surface area contributed by atoms with Crippen LogP contribution in [0.4, 0.5) is 5.69 Å². The summed E-state index contributed by atoms with van der Waals surface area (Å²) in [5.41, 5.74) is -1.77. The predicted octanol–water partition coefficient (Wildman–Crippen LogP) is 1.41. The highest BCUT2D eigenvalue weighted by atomic mass is 16.6. The second-order valence-corrected chi connectivity index (χ2v) is 2.87. The normalized spacial score (nSPS) is 10.4. The topological polar surface area (TPSA) is 93.6 Å². The Labute approximate surface area is 82.5 Å². The van der Waals surface area contributed by atoms with Crippen LogP contribution in [-0.2, 0) is 0 Å². The van der Waals surface area contributed by atoms with Crippen molar-refractivity contribution in [3.63, 3.8) is 0 Å². The minimum Gasteiger partial charge on any atom is -0.504 e. The number of hydrogen-bond acceptors (Lipinski definition) is 5. The lowest BCUT2D eigenvalue weighted by Gasteiger charge is -1.97. The standard InChI is InChI=1S/C9H5NO5/c11-7-3-1-2-5-4-6(10(13)14)9(12)15-8(5)7/h1-4,11H. The molecule has 0 unspecified atom stereocenters. The van der Waals surface area contributed by atoms with Crippen molar-refractivity contribution in [2.45, 2.75) is 0 Å². The molecule has 0 amide bonds. The van der Waals surface area contributed by atoms with Crippen LogP contribution in [0.15, 0.2) is 33.5 Å². The molecule has 0 fully saturated rings. The highest BCUT2D eigenvalue weighted by Gasteiger charge is 2.16. The van der Waals surface area contributed by atoms with Gasteiger partial charge in [-0.05, 0) is 6.07 Å². The van der Waals surface area contributed by atoms with Crippen LogP contribution in [0.2, 0.25) is 0 Å². The zero-order chi connectivity index (χ0) is 11.0. The monoisotopic (exact) mass is 207 g/mol. The summed E-state index contributed by atoms with van der Waals surface area (Å²) >= 11 is 0. The van der Waals surface area contributed by atoms with Crippen molar-refractivity contribution in [2.24, 2.45) is 0 Å². The summed E-state index contributed by atoms with van der Waals surface area (Å²) in [7, 11) is 0. The molecular weight excluding hydrogens is 202 g/mol. The summed E-state index contributed by atoms with van der Waals surface area (Å²) in [6.45, 7) is 0. The summed E-state index contributed by atoms with van der Waals surface area (Å²) in [4.78, 5) is 20.7. The van der Waals surface area contributed by atoms with E-state index in [1.807, 2.05) is 0 Å². The van der Waals surface area contributed by atoms with Gasteiger partial charge in [0.05, 0.1) is 4.92 Å². The second-order valence-electron chi connectivity index (χ2n) is 2.87. The van der Waals surface area contributed by atoms with Gasteiger partial charge < -0.3 is 9.52 Å². The van der Waals surface area contributed by atoms with Crippen molar-refractivity contribution in [1.29, 1.82) is 0 Å². The lowest BCUT2D eigenvalue weighted by Crippen LogP contribution is -2.05. The molecule has 0 spiro atoms. The first kappa shape index (κ1) is 9.20. The molecule has 6 nitrogen and oxygen atoms in total. The van der Waals surface area contributed by atoms with Crippen molar-refractivity contribution in [2.75, 3.05) is 0 Å². The molecule has 0 bridgehead atoms. The maximum atomic E-state index is 11.1. The van der Waals surface area contributed by atoms with Crippen LogP contribution in [-0.4, -0.2) is 10.0 Å². The molecule has 1 N–H and O–H groups in total. The van der Waals surface area contributed by atoms with E-state index in [0.29, 0.717) is 5.39 Å². The fraction of sp³-hybridized carbons (Fsp3) is 0. The van der Waals surface area contributed by atoms with Crippen molar-refractivity contribution >= 4 is 16.7 Å². The number of fused-ring (bicyclic) bond motifs is 1. The summed E-state index contributed by atoms with van der Waals surface area (Å²) in [6.07, 6.45) is 0. The van der Waals surface area contributed by atoms with Crippen molar-refractivity contribution < 1.29 is 14.4 Å². The largest absolute Gasteiger partial charge is 0.504 e. The van der Waals surface area contributed by atoms with Crippen molar-refractivity contribution in [3.8, 4) is 5.75 Å². The van der Waals surface area contributed by atoms with Gasteiger partial charge in [-0.1, -0.05) is 12.1 Å². The molecule has 2 aromatic rings. The first-order valence-electron chi connectivity index (χ1n) is 4.00. The Kier molecular flexibility index (Phi) is 1.89. The van der Waals surface area contributed by atoms with E-state index < -0.39 is 16.2 Å². The lowest BCUT2D eigenvalue weighted by atomic mass is 10.2. The average Bonchev–Trinajstić information content (AvgIpc) is 2.18. The fourth-order valence-electron chi connectivity index (χ4n) is 1.25. The molecule has 0 aliphatic carbocycles. The number of benzene rings is 1. The van der Waals surface area contributed by atoms with Gasteiger partial charge in [0, 0.05) is 11.5 Å². The van der Waals surface area contributed by atoms with E-state index in [1.54, 1.807) is 0 Å². The molecule has 0 aliphatic heterocycles. The van der Waals surface area contributed by atoms with Crippen molar-refractivity contribution in [1.82, 2.24) is 0 Å². The van der Waals surface area contributed by atoms with E-state index in [0.717, 1.165) is 6.07 Å². The molecule has 0 radical (unpaired) electrons. The molecule has 6 heteroatoms. The summed E-state index contributed by atoms with van der Waals surface area (Å²) in [6, 6.07) is 5.41. The fourth-order valence-corrected chi connectivity index (χ4v) is 1.25. The van der Waals surface area contributed by atoms with Crippen LogP contribution in [0.3, 0.4) is 0 Å². The third-order valence-corrected chi connectivity index (χ3v) is 1.92. The van der Waals surface area contributed by atoms with Gasteiger partial charge in [-0.15, -0.1) is 0 Å². The molecule has 1 aromatic heterocycles. The smallest absolute Gasteiger partial charge is 0.415 e. The Morgan fingerprint density at radius 3 is 2.80 bits per heavy atom. The van der Waals surface area contributed by atoms with Crippen LogP contribution in [0, 0.1) is 10.1 Å². The molecule has 0 saturated heterocycles. The van der Waals surface area contributed by atoms with Gasteiger partial charge in [-0.25, -0.2) is 4.79 Å². The lowest BCUT2D eigenvalue weighted by molar-refractivity contribution is -0.387. The van der Waals surface area contributed by atoms with E-state index in [-0.39, 0.29) is 11.3 Å². The Hall–Kier alpha value is -2.37. The van der Waals surface area contributed by atoms with Crippen LogP contribution in [0.25, 0.3) is 11.0 Å². The molecule has 15 heavy (non-hydrogen) atoms. The summed E-state index contributed by atoms with van der Waals surface area (Å²) < 4.78 is 4.64. The van der Waals surface area contributed by atoms with Gasteiger partial charge in [0.25, 0.3) is 0 Å². The number of para-hydroxylation sites is 1. The highest BCUT2D eigenvalue weighted by Crippen LogP contribution is 2.24. The van der Waals surface area contributed by atoms with Gasteiger partial charge in [-0.3, -0.25) is 10.1 Å². The Morgan fingerprint density at radius 2 is 2.13 bits per heavy atom. The molecule has 76 valence electrons. The van der Waals surface area contributed by atoms with Crippen LogP contribution < -0.4 is 5.63 Å². The number of phenols is 1. The van der Waals surface area contributed by atoms with Gasteiger partial charge in [0.1, 0.15) is 0 Å². The number of nitrogens with zero attached hydrogens (tertiary/aromatic N) is 1. The quantitative estimate of drug-likeness (QED) is 0.433. The third kappa shape index (κ3) is 1.41. The number of aromatic hydroxyl groups is 1. The third-order valence-electron chi connectivity index (χ3n) is 1.92. The van der Waals surface area contributed by atoms with E-state index in [4.69, 9.17) is 0 Å². The van der Waals surface area contributed by atoms with E-state index in [9.17, 15) is 20.0 Å². The first-order chi connectivity index (χ1) is 7.09. The van der Waals surface area contributed by atoms with Crippen LogP contribution >= 0.6 is 0 Å². The number of nitro groups is 1. The SMILES string of the molecule is O=c1oc2c(O)cccc2cc1[N+](=O)[O-]. The molecule has 0 aliphatic rings. The minimum atomic E-state index is -1.08. The Bertz CT molecular complexity index is 601. The van der Waals surface area contributed by atoms with Gasteiger partial charge in [0.15, 0.2) is 11.3 Å². The minimum absolute atomic E-state index is 0.0481. The van der Waals surface area contributed by atoms with Gasteiger partial charge >= 0.3 is 11.3 Å². The molecule has 0 atom stereocenters. The molecule has 1 heterocycles. The van der Waals surface area contributed by atoms with Crippen LogP contribution in [0.5, 0.6) is 5.75 Å². The highest BCUT2D eigenvalue weighted by molar-refractivity contribution is 5.83. The zero-order valence-electron chi connectivity index (χ0n) is 7.34. The number of rotatable bonds is 1. The first-order valence-corrected chi connectivity index (χ1v) is 4.00. The second kappa shape index (κ2) is 3.09. The van der Waals surface area contributed by atoms with Crippen molar-refractivity contribution in [3.05, 3.63) is 44.8 Å². The molecule has 0 saturated carbocycles. The van der Waals surface area contributed by atoms with E-state index in [1.165, 1.54) is 18.2 Å². The number of hydrogen-bond donors (Lipinski definition) is 1. The summed E-state index contributed by atoms with van der Waals surface area (Å²) in [5.74, 6) is -0.223. The Balaban J connectivity index is 2.88. The zero-order valence-corrected chi connectivity index (χ0v) is 7.34. The molecule has 1 aromatic carbocycles. The molecule has 2 rings (SSSR count). The Morgan fingerprint density at radius 1 is 1.40 bits per heavy atom. The average molecular weight is 207 g/mol. The number of phenolic OH excluding ortho intramolecular Hbond substituents is 1.